The second-order valence-corrected chi connectivity index (χ2v) is 14.1. The first-order valence-electron chi connectivity index (χ1n) is 19.6. The number of ether oxygens (including phenoxy) is 5. The van der Waals surface area contributed by atoms with Gasteiger partial charge in [0.05, 0.1) is 87.5 Å². The van der Waals surface area contributed by atoms with Crippen LogP contribution in [0.1, 0.15) is 0 Å². The van der Waals surface area contributed by atoms with Gasteiger partial charge in [0.25, 0.3) is 0 Å². The number of fused-ring (bicyclic) bond motifs is 2. The lowest BCUT2D eigenvalue weighted by atomic mass is 10.2. The van der Waals surface area contributed by atoms with E-state index >= 15 is 0 Å². The Bertz CT molecular complexity index is 2690. The summed E-state index contributed by atoms with van der Waals surface area (Å²) in [5.41, 5.74) is 10.7. The second kappa shape index (κ2) is 19.3. The van der Waals surface area contributed by atoms with E-state index in [9.17, 15) is 5.11 Å². The van der Waals surface area contributed by atoms with Crippen LogP contribution in [0.25, 0.3) is 44.6 Å². The highest BCUT2D eigenvalue weighted by molar-refractivity contribution is 5.84. The van der Waals surface area contributed by atoms with Gasteiger partial charge < -0.3 is 47.7 Å². The Kier molecular flexibility index (Phi) is 13.3. The van der Waals surface area contributed by atoms with E-state index < -0.39 is 0 Å². The molecule has 4 aromatic carbocycles. The topological polar surface area (TPSA) is 134 Å². The number of benzene rings is 4. The summed E-state index contributed by atoms with van der Waals surface area (Å²) in [6.07, 6.45) is 11.6. The Morgan fingerprint density at radius 3 is 1.30 bits per heavy atom. The molecule has 0 aliphatic rings. The van der Waals surface area contributed by atoms with E-state index in [2.05, 4.69) is 20.9 Å². The van der Waals surface area contributed by atoms with Gasteiger partial charge in [-0.05, 0) is 48.5 Å². The van der Waals surface area contributed by atoms with Crippen molar-refractivity contribution in [2.45, 2.75) is 0 Å². The van der Waals surface area contributed by atoms with Crippen LogP contribution in [0.2, 0.25) is 0 Å². The molecule has 314 valence electrons. The van der Waals surface area contributed by atoms with Gasteiger partial charge in [-0.15, -0.1) is 0 Å². The van der Waals surface area contributed by atoms with Gasteiger partial charge in [-0.3, -0.25) is 9.97 Å². The number of hydrogen-bond acceptors (Lipinski definition) is 12. The first-order chi connectivity index (χ1) is 29.7. The molecule has 0 atom stereocenters. The molecular formula is C47H50N8O6. The maximum Gasteiger partial charge on any atom is 0.124 e. The van der Waals surface area contributed by atoms with E-state index in [1.165, 1.54) is 0 Å². The molecule has 0 radical (unpaired) electrons. The summed E-state index contributed by atoms with van der Waals surface area (Å²) in [6.45, 7) is 1.62. The molecule has 4 heterocycles. The van der Waals surface area contributed by atoms with E-state index in [0.717, 1.165) is 78.8 Å². The molecule has 8 aromatic rings. The van der Waals surface area contributed by atoms with E-state index in [4.69, 9.17) is 33.7 Å². The minimum absolute atomic E-state index is 0.00665. The fourth-order valence-corrected chi connectivity index (χ4v) is 6.92. The SMILES string of the molecule is COCCN(c1cc(OC)cc(OC)c1)c1ccc2ncc(-c3ccn(C)c3)nc2c1.COc1cc(OC)cc(N(CCO)c2ccc3ncc(-c4ccn(C)c4)nc3c2)c1. The molecule has 0 bridgehead atoms. The van der Waals surface area contributed by atoms with Gasteiger partial charge in [-0.1, -0.05) is 0 Å². The number of rotatable bonds is 15. The third-order valence-corrected chi connectivity index (χ3v) is 10.1. The van der Waals surface area contributed by atoms with Crippen molar-refractivity contribution >= 4 is 44.8 Å². The van der Waals surface area contributed by atoms with Crippen molar-refractivity contribution in [3.8, 4) is 45.5 Å². The highest BCUT2D eigenvalue weighted by Gasteiger charge is 2.16. The van der Waals surface area contributed by atoms with Gasteiger partial charge in [0.15, 0.2) is 0 Å². The fraction of sp³-hybridized carbons (Fsp3) is 0.234. The number of aliphatic hydroxyl groups excluding tert-OH is 1. The molecule has 0 fully saturated rings. The van der Waals surface area contributed by atoms with Crippen molar-refractivity contribution in [3.63, 3.8) is 0 Å². The molecule has 0 aliphatic heterocycles. The summed E-state index contributed by atoms with van der Waals surface area (Å²) >= 11 is 0. The maximum absolute atomic E-state index is 9.69. The summed E-state index contributed by atoms with van der Waals surface area (Å²) in [6, 6.07) is 27.5. The molecule has 8 rings (SSSR count). The summed E-state index contributed by atoms with van der Waals surface area (Å²) in [7, 11) is 12.2. The molecule has 0 saturated carbocycles. The minimum Gasteiger partial charge on any atom is -0.497 e. The Balaban J connectivity index is 0.000000184. The van der Waals surface area contributed by atoms with Crippen molar-refractivity contribution in [1.82, 2.24) is 29.1 Å². The van der Waals surface area contributed by atoms with Gasteiger partial charge in [0, 0.05) is 129 Å². The molecule has 0 unspecified atom stereocenters. The molecule has 4 aromatic heterocycles. The number of methoxy groups -OCH3 is 5. The highest BCUT2D eigenvalue weighted by atomic mass is 16.5. The van der Waals surface area contributed by atoms with E-state index in [1.54, 1.807) is 41.7 Å². The predicted octanol–water partition coefficient (Wildman–Crippen LogP) is 8.22. The first kappa shape index (κ1) is 42.0. The average molecular weight is 823 g/mol. The smallest absolute Gasteiger partial charge is 0.124 e. The molecule has 0 saturated heterocycles. The van der Waals surface area contributed by atoms with Gasteiger partial charge in [0.2, 0.25) is 0 Å². The minimum atomic E-state index is -0.00665. The van der Waals surface area contributed by atoms with Crippen LogP contribution >= 0.6 is 0 Å². The van der Waals surface area contributed by atoms with Gasteiger partial charge >= 0.3 is 0 Å². The second-order valence-electron chi connectivity index (χ2n) is 14.1. The summed E-state index contributed by atoms with van der Waals surface area (Å²) in [4.78, 5) is 23.0. The van der Waals surface area contributed by atoms with Crippen molar-refractivity contribution < 1.29 is 28.8 Å². The number of anilines is 4. The molecule has 0 aliphatic carbocycles. The van der Waals surface area contributed by atoms with Crippen molar-refractivity contribution in [3.05, 3.63) is 122 Å². The Labute approximate surface area is 355 Å². The monoisotopic (exact) mass is 822 g/mol. The average Bonchev–Trinajstić information content (AvgIpc) is 3.95. The van der Waals surface area contributed by atoms with Crippen LogP contribution in [0.5, 0.6) is 23.0 Å². The molecule has 61 heavy (non-hydrogen) atoms. The van der Waals surface area contributed by atoms with Crippen LogP contribution in [0, 0.1) is 0 Å². The van der Waals surface area contributed by atoms with Crippen molar-refractivity contribution in [1.29, 1.82) is 0 Å². The van der Waals surface area contributed by atoms with Gasteiger partial charge in [0.1, 0.15) is 23.0 Å². The predicted molar refractivity (Wildman–Crippen MR) is 240 cm³/mol. The van der Waals surface area contributed by atoms with Crippen LogP contribution in [-0.2, 0) is 18.8 Å². The number of nitrogens with zero attached hydrogens (tertiary/aromatic N) is 8. The maximum atomic E-state index is 9.69. The molecular weight excluding hydrogens is 773 g/mol. The lowest BCUT2D eigenvalue weighted by Gasteiger charge is -2.26. The third-order valence-electron chi connectivity index (χ3n) is 10.1. The zero-order valence-electron chi connectivity index (χ0n) is 35.4. The molecule has 1 N–H and O–H groups in total. The third kappa shape index (κ3) is 9.84. The van der Waals surface area contributed by atoms with Crippen LogP contribution < -0.4 is 28.7 Å². The lowest BCUT2D eigenvalue weighted by molar-refractivity contribution is 0.207. The van der Waals surface area contributed by atoms with Crippen LogP contribution in [0.15, 0.2) is 122 Å². The van der Waals surface area contributed by atoms with Crippen LogP contribution in [0.3, 0.4) is 0 Å². The van der Waals surface area contributed by atoms with E-state index in [1.807, 2.05) is 138 Å². The highest BCUT2D eigenvalue weighted by Crippen LogP contribution is 2.36. The number of hydrogen-bond donors (Lipinski definition) is 1. The Hall–Kier alpha value is -7.16. The fourth-order valence-electron chi connectivity index (χ4n) is 6.92. The zero-order valence-corrected chi connectivity index (χ0v) is 35.4. The van der Waals surface area contributed by atoms with Crippen molar-refractivity contribution in [2.24, 2.45) is 14.1 Å². The Morgan fingerprint density at radius 1 is 0.508 bits per heavy atom. The Morgan fingerprint density at radius 2 is 0.934 bits per heavy atom. The number of aliphatic hydroxyl groups is 1. The van der Waals surface area contributed by atoms with Crippen molar-refractivity contribution in [2.75, 3.05) is 71.7 Å². The quantitative estimate of drug-likeness (QED) is 0.107. The largest absolute Gasteiger partial charge is 0.497 e. The van der Waals surface area contributed by atoms with E-state index in [-0.39, 0.29) is 6.61 Å². The van der Waals surface area contributed by atoms with Crippen LogP contribution in [0.4, 0.5) is 22.7 Å². The van der Waals surface area contributed by atoms with Crippen LogP contribution in [-0.4, -0.2) is 96.0 Å². The summed E-state index contributed by atoms with van der Waals surface area (Å²) < 4.78 is 31.1. The normalized spacial score (nSPS) is 11.0. The number of aromatic nitrogens is 6. The van der Waals surface area contributed by atoms with Gasteiger partial charge in [-0.25, -0.2) is 9.97 Å². The zero-order chi connectivity index (χ0) is 42.9. The van der Waals surface area contributed by atoms with E-state index in [0.29, 0.717) is 31.2 Å². The first-order valence-corrected chi connectivity index (χ1v) is 19.6. The molecule has 0 amide bonds. The summed E-state index contributed by atoms with van der Waals surface area (Å²) in [5.74, 6) is 2.81. The molecule has 14 heteroatoms. The lowest BCUT2D eigenvalue weighted by Crippen LogP contribution is -2.22. The van der Waals surface area contributed by atoms with Gasteiger partial charge in [-0.2, -0.15) is 0 Å². The molecule has 0 spiro atoms. The standard InChI is InChI=1S/C24H26N4O3.C23H24N4O3/c1-27-8-7-17(16-27)24-15-25-22-6-5-18(13-23(22)26-24)28(9-10-29-2)19-11-20(30-3)14-21(12-19)31-4;1-26-7-6-16(15-26)23-14-24-21-5-4-17(12-22(21)25-23)27(8-9-28)18-10-19(29-2)13-20(11-18)30-3/h5-8,11-16H,9-10H2,1-4H3;4-7,10-15,28H,8-9H2,1-3H3. The summed E-state index contributed by atoms with van der Waals surface area (Å²) in [5, 5.41) is 9.69. The molecule has 14 nitrogen and oxygen atoms in total. The number of aryl methyl sites for hydroxylation is 2.